The fourth-order valence-corrected chi connectivity index (χ4v) is 1.75. The lowest BCUT2D eigenvalue weighted by molar-refractivity contribution is -0.115. The van der Waals surface area contributed by atoms with Crippen LogP contribution in [0.4, 0.5) is 5.69 Å². The molecule has 5 heteroatoms. The maximum absolute atomic E-state index is 11.9. The Morgan fingerprint density at radius 1 is 1.28 bits per heavy atom. The second kappa shape index (κ2) is 5.00. The van der Waals surface area contributed by atoms with E-state index in [2.05, 4.69) is 15.5 Å². The largest absolute Gasteiger partial charge is 0.340 e. The number of nitrogens with zero attached hydrogens (tertiary/aromatic N) is 2. The van der Waals surface area contributed by atoms with Crippen LogP contribution in [-0.4, -0.2) is 16.0 Å². The molecule has 0 bridgehead atoms. The van der Waals surface area contributed by atoms with Gasteiger partial charge in [0, 0.05) is 12.6 Å². The summed E-state index contributed by atoms with van der Waals surface area (Å²) in [4.78, 5) is 15.9. The minimum atomic E-state index is -0.145. The van der Waals surface area contributed by atoms with E-state index < -0.39 is 0 Å². The summed E-state index contributed by atoms with van der Waals surface area (Å²) in [6.45, 7) is 5.61. The summed E-state index contributed by atoms with van der Waals surface area (Å²) in [5.41, 5.74) is 2.92. The number of aromatic nitrogens is 2. The van der Waals surface area contributed by atoms with Crippen LogP contribution in [0.25, 0.3) is 0 Å². The van der Waals surface area contributed by atoms with Crippen molar-refractivity contribution in [3.63, 3.8) is 0 Å². The number of carbonyl (C=O) groups is 1. The summed E-state index contributed by atoms with van der Waals surface area (Å²) in [7, 11) is 0. The van der Waals surface area contributed by atoms with Crippen LogP contribution in [0.3, 0.4) is 0 Å². The van der Waals surface area contributed by atoms with Gasteiger partial charge in [0.2, 0.25) is 11.8 Å². The lowest BCUT2D eigenvalue weighted by Crippen LogP contribution is -2.16. The smallest absolute Gasteiger partial charge is 0.232 e. The van der Waals surface area contributed by atoms with Gasteiger partial charge in [0.15, 0.2) is 5.82 Å². The quantitative estimate of drug-likeness (QED) is 0.899. The van der Waals surface area contributed by atoms with Gasteiger partial charge in [-0.25, -0.2) is 0 Å². The molecule has 5 nitrogen and oxygen atoms in total. The Morgan fingerprint density at radius 3 is 2.50 bits per heavy atom. The third-order valence-electron chi connectivity index (χ3n) is 2.63. The standard InChI is InChI=1S/C13H15N3O2/c1-8-5-4-6-9(2)13(8)15-12(17)7-11-14-10(3)18-16-11/h4-6H,7H2,1-3H3,(H,15,17). The highest BCUT2D eigenvalue weighted by Crippen LogP contribution is 2.19. The van der Waals surface area contributed by atoms with Crippen molar-refractivity contribution in [3.8, 4) is 0 Å². The molecule has 0 unspecified atom stereocenters. The maximum Gasteiger partial charge on any atom is 0.232 e. The second-order valence-corrected chi connectivity index (χ2v) is 4.22. The summed E-state index contributed by atoms with van der Waals surface area (Å²) in [6, 6.07) is 5.88. The maximum atomic E-state index is 11.9. The van der Waals surface area contributed by atoms with Gasteiger partial charge in [0.25, 0.3) is 0 Å². The zero-order valence-electron chi connectivity index (χ0n) is 10.7. The van der Waals surface area contributed by atoms with Crippen molar-refractivity contribution in [2.45, 2.75) is 27.2 Å². The molecule has 0 aliphatic rings. The Bertz CT molecular complexity index is 555. The van der Waals surface area contributed by atoms with Gasteiger partial charge in [-0.2, -0.15) is 4.98 Å². The van der Waals surface area contributed by atoms with Crippen molar-refractivity contribution >= 4 is 11.6 Å². The molecule has 0 spiro atoms. The number of benzene rings is 1. The van der Waals surface area contributed by atoms with Crippen molar-refractivity contribution in [1.29, 1.82) is 0 Å². The first-order chi connectivity index (χ1) is 8.56. The van der Waals surface area contributed by atoms with Gasteiger partial charge in [-0.3, -0.25) is 4.79 Å². The summed E-state index contributed by atoms with van der Waals surface area (Å²) >= 11 is 0. The fourth-order valence-electron chi connectivity index (χ4n) is 1.75. The van der Waals surface area contributed by atoms with Crippen LogP contribution in [0.1, 0.15) is 22.8 Å². The molecule has 0 saturated heterocycles. The van der Waals surface area contributed by atoms with E-state index in [1.807, 2.05) is 32.0 Å². The molecule has 1 heterocycles. The van der Waals surface area contributed by atoms with E-state index in [0.717, 1.165) is 16.8 Å². The molecule has 1 N–H and O–H groups in total. The van der Waals surface area contributed by atoms with Gasteiger partial charge in [-0.1, -0.05) is 23.4 Å². The van der Waals surface area contributed by atoms with E-state index >= 15 is 0 Å². The Hall–Kier alpha value is -2.17. The SMILES string of the molecule is Cc1nc(CC(=O)Nc2c(C)cccc2C)no1. The van der Waals surface area contributed by atoms with E-state index in [-0.39, 0.29) is 12.3 Å². The number of hydrogen-bond acceptors (Lipinski definition) is 4. The number of nitrogens with one attached hydrogen (secondary N) is 1. The predicted octanol–water partition coefficient (Wildman–Crippen LogP) is 2.18. The number of para-hydroxylation sites is 1. The van der Waals surface area contributed by atoms with Crippen LogP contribution < -0.4 is 5.32 Å². The zero-order valence-corrected chi connectivity index (χ0v) is 10.7. The number of aryl methyl sites for hydroxylation is 3. The number of anilines is 1. The van der Waals surface area contributed by atoms with Crippen LogP contribution in [0.5, 0.6) is 0 Å². The molecule has 0 saturated carbocycles. The Morgan fingerprint density at radius 2 is 1.94 bits per heavy atom. The van der Waals surface area contributed by atoms with E-state index in [0.29, 0.717) is 11.7 Å². The molecular weight excluding hydrogens is 230 g/mol. The van der Waals surface area contributed by atoms with E-state index in [1.54, 1.807) is 6.92 Å². The Balaban J connectivity index is 2.08. The average molecular weight is 245 g/mol. The minimum Gasteiger partial charge on any atom is -0.340 e. The number of hydrogen-bond donors (Lipinski definition) is 1. The van der Waals surface area contributed by atoms with Gasteiger partial charge in [-0.15, -0.1) is 0 Å². The van der Waals surface area contributed by atoms with Gasteiger partial charge in [0.1, 0.15) is 0 Å². The van der Waals surface area contributed by atoms with Crippen molar-refractivity contribution in [3.05, 3.63) is 41.0 Å². The summed E-state index contributed by atoms with van der Waals surface area (Å²) in [5.74, 6) is 0.717. The van der Waals surface area contributed by atoms with Crippen molar-refractivity contribution in [2.75, 3.05) is 5.32 Å². The first-order valence-electron chi connectivity index (χ1n) is 5.71. The summed E-state index contributed by atoms with van der Waals surface area (Å²) < 4.78 is 4.82. The fraction of sp³-hybridized carbons (Fsp3) is 0.308. The topological polar surface area (TPSA) is 68.0 Å². The van der Waals surface area contributed by atoms with E-state index in [4.69, 9.17) is 4.52 Å². The van der Waals surface area contributed by atoms with Gasteiger partial charge in [-0.05, 0) is 25.0 Å². The lowest BCUT2D eigenvalue weighted by atomic mass is 10.1. The van der Waals surface area contributed by atoms with E-state index in [1.165, 1.54) is 0 Å². The highest BCUT2D eigenvalue weighted by Gasteiger charge is 2.11. The summed E-state index contributed by atoms with van der Waals surface area (Å²) in [5, 5.41) is 6.57. The Kier molecular flexibility index (Phi) is 3.41. The first-order valence-corrected chi connectivity index (χ1v) is 5.71. The van der Waals surface area contributed by atoms with Gasteiger partial charge in [0.05, 0.1) is 6.42 Å². The molecule has 1 amide bonds. The van der Waals surface area contributed by atoms with Crippen molar-refractivity contribution in [1.82, 2.24) is 10.1 Å². The normalized spacial score (nSPS) is 10.4. The molecule has 0 fully saturated rings. The van der Waals surface area contributed by atoms with Crippen molar-refractivity contribution in [2.24, 2.45) is 0 Å². The molecule has 2 aromatic rings. The molecule has 0 aliphatic carbocycles. The molecular formula is C13H15N3O2. The second-order valence-electron chi connectivity index (χ2n) is 4.22. The van der Waals surface area contributed by atoms with E-state index in [9.17, 15) is 4.79 Å². The number of carbonyl (C=O) groups excluding carboxylic acids is 1. The van der Waals surface area contributed by atoms with Crippen LogP contribution in [-0.2, 0) is 11.2 Å². The number of rotatable bonds is 3. The molecule has 18 heavy (non-hydrogen) atoms. The van der Waals surface area contributed by atoms with Crippen LogP contribution in [0.2, 0.25) is 0 Å². The third kappa shape index (κ3) is 2.74. The van der Waals surface area contributed by atoms with Crippen molar-refractivity contribution < 1.29 is 9.32 Å². The van der Waals surface area contributed by atoms with Crippen LogP contribution in [0.15, 0.2) is 22.7 Å². The molecule has 0 radical (unpaired) electrons. The van der Waals surface area contributed by atoms with Gasteiger partial charge >= 0.3 is 0 Å². The van der Waals surface area contributed by atoms with Gasteiger partial charge < -0.3 is 9.84 Å². The highest BCUT2D eigenvalue weighted by atomic mass is 16.5. The Labute approximate surface area is 105 Å². The highest BCUT2D eigenvalue weighted by molar-refractivity contribution is 5.93. The third-order valence-corrected chi connectivity index (χ3v) is 2.63. The minimum absolute atomic E-state index is 0.116. The molecule has 94 valence electrons. The van der Waals surface area contributed by atoms with Crippen LogP contribution >= 0.6 is 0 Å². The molecule has 1 aromatic heterocycles. The number of amides is 1. The summed E-state index contributed by atoms with van der Waals surface area (Å²) in [6.07, 6.45) is 0.116. The monoisotopic (exact) mass is 245 g/mol. The molecule has 1 aromatic carbocycles. The first kappa shape index (κ1) is 12.3. The predicted molar refractivity (Wildman–Crippen MR) is 67.3 cm³/mol. The molecule has 0 aliphatic heterocycles. The lowest BCUT2D eigenvalue weighted by Gasteiger charge is -2.10. The average Bonchev–Trinajstić information content (AvgIpc) is 2.69. The van der Waals surface area contributed by atoms with Crippen LogP contribution in [0, 0.1) is 20.8 Å². The molecule has 0 atom stereocenters. The molecule has 2 rings (SSSR count). The zero-order chi connectivity index (χ0) is 13.1.